The summed E-state index contributed by atoms with van der Waals surface area (Å²) in [6.07, 6.45) is 4.31. The highest BCUT2D eigenvalue weighted by atomic mass is 16.1. The zero-order valence-electron chi connectivity index (χ0n) is 13.8. The van der Waals surface area contributed by atoms with Crippen LogP contribution < -0.4 is 16.0 Å². The van der Waals surface area contributed by atoms with Crippen LogP contribution in [0.5, 0.6) is 0 Å². The van der Waals surface area contributed by atoms with Crippen molar-refractivity contribution in [3.8, 4) is 6.07 Å². The van der Waals surface area contributed by atoms with Crippen molar-refractivity contribution in [3.05, 3.63) is 11.8 Å². The van der Waals surface area contributed by atoms with Gasteiger partial charge in [0.15, 0.2) is 0 Å². The van der Waals surface area contributed by atoms with Gasteiger partial charge in [-0.1, -0.05) is 6.92 Å². The summed E-state index contributed by atoms with van der Waals surface area (Å²) in [6.45, 7) is 11.3. The lowest BCUT2D eigenvalue weighted by Gasteiger charge is -2.46. The molecule has 21 heavy (non-hydrogen) atoms. The maximum Gasteiger partial charge on any atom is 0.263 e. The van der Waals surface area contributed by atoms with E-state index in [2.05, 4.69) is 43.6 Å². The van der Waals surface area contributed by atoms with E-state index in [9.17, 15) is 4.79 Å². The van der Waals surface area contributed by atoms with Gasteiger partial charge in [-0.3, -0.25) is 4.79 Å². The van der Waals surface area contributed by atoms with Gasteiger partial charge in [-0.2, -0.15) is 5.26 Å². The van der Waals surface area contributed by atoms with Crippen LogP contribution in [0.3, 0.4) is 0 Å². The van der Waals surface area contributed by atoms with Crippen molar-refractivity contribution in [3.63, 3.8) is 0 Å². The number of rotatable bonds is 5. The molecule has 5 heteroatoms. The SMILES string of the molecule is CCCNC(=O)/C(C#N)=C\NC1CC(C)(C)NC(C)(C)C1. The molecule has 0 radical (unpaired) electrons. The normalized spacial score (nSPS) is 21.4. The zero-order chi connectivity index (χ0) is 16.1. The molecule has 5 nitrogen and oxygen atoms in total. The molecule has 1 aliphatic rings. The molecule has 1 amide bonds. The predicted octanol–water partition coefficient (Wildman–Crippen LogP) is 1.82. The molecule has 118 valence electrons. The molecule has 1 aliphatic heterocycles. The Balaban J connectivity index is 2.69. The third-order valence-electron chi connectivity index (χ3n) is 3.55. The van der Waals surface area contributed by atoms with Crippen LogP contribution in [0.2, 0.25) is 0 Å². The fraction of sp³-hybridized carbons (Fsp3) is 0.750. The number of nitriles is 1. The lowest BCUT2D eigenvalue weighted by Crippen LogP contribution is -2.61. The average Bonchev–Trinajstić information content (AvgIpc) is 2.33. The summed E-state index contributed by atoms with van der Waals surface area (Å²) in [5.41, 5.74) is 0.201. The molecule has 0 aromatic heterocycles. The Labute approximate surface area is 128 Å². The third kappa shape index (κ3) is 5.76. The lowest BCUT2D eigenvalue weighted by atomic mass is 9.80. The van der Waals surface area contributed by atoms with Crippen molar-refractivity contribution in [1.29, 1.82) is 5.26 Å². The number of nitrogens with one attached hydrogen (secondary N) is 3. The molecule has 0 aromatic carbocycles. The summed E-state index contributed by atoms with van der Waals surface area (Å²) in [5.74, 6) is -0.306. The van der Waals surface area contributed by atoms with E-state index in [4.69, 9.17) is 5.26 Å². The van der Waals surface area contributed by atoms with Crippen molar-refractivity contribution < 1.29 is 4.79 Å². The van der Waals surface area contributed by atoms with Crippen LogP contribution in [0.25, 0.3) is 0 Å². The number of carbonyl (C=O) groups excluding carboxylic acids is 1. The lowest BCUT2D eigenvalue weighted by molar-refractivity contribution is -0.117. The fourth-order valence-electron chi connectivity index (χ4n) is 3.12. The summed E-state index contributed by atoms with van der Waals surface area (Å²) in [5, 5.41) is 18.7. The Kier molecular flexibility index (Phi) is 5.79. The van der Waals surface area contributed by atoms with Gasteiger partial charge >= 0.3 is 0 Å². The largest absolute Gasteiger partial charge is 0.387 e. The highest BCUT2D eigenvalue weighted by Gasteiger charge is 2.37. The molecule has 3 N–H and O–H groups in total. The van der Waals surface area contributed by atoms with E-state index >= 15 is 0 Å². The highest BCUT2D eigenvalue weighted by Crippen LogP contribution is 2.28. The molecule has 0 atom stereocenters. The topological polar surface area (TPSA) is 77.0 Å². The number of nitrogens with zero attached hydrogens (tertiary/aromatic N) is 1. The second-order valence-corrected chi connectivity index (χ2v) is 7.09. The number of hydrogen-bond donors (Lipinski definition) is 3. The van der Waals surface area contributed by atoms with E-state index in [1.165, 1.54) is 0 Å². The molecule has 1 rings (SSSR count). The minimum Gasteiger partial charge on any atom is -0.387 e. The fourth-order valence-corrected chi connectivity index (χ4v) is 3.12. The van der Waals surface area contributed by atoms with Gasteiger partial charge < -0.3 is 16.0 Å². The zero-order valence-corrected chi connectivity index (χ0v) is 13.8. The summed E-state index contributed by atoms with van der Waals surface area (Å²) in [7, 11) is 0. The van der Waals surface area contributed by atoms with Crippen molar-refractivity contribution >= 4 is 5.91 Å². The number of hydrogen-bond acceptors (Lipinski definition) is 4. The summed E-state index contributed by atoms with van der Waals surface area (Å²) in [4.78, 5) is 11.8. The van der Waals surface area contributed by atoms with Crippen LogP contribution in [0.15, 0.2) is 11.8 Å². The Morgan fingerprint density at radius 2 is 1.90 bits per heavy atom. The first-order chi connectivity index (χ1) is 9.69. The second kappa shape index (κ2) is 6.95. The minimum atomic E-state index is -0.306. The summed E-state index contributed by atoms with van der Waals surface area (Å²) < 4.78 is 0. The van der Waals surface area contributed by atoms with Gasteiger partial charge in [0.25, 0.3) is 5.91 Å². The predicted molar refractivity (Wildman–Crippen MR) is 84.4 cm³/mol. The second-order valence-electron chi connectivity index (χ2n) is 7.09. The van der Waals surface area contributed by atoms with Gasteiger partial charge in [-0.15, -0.1) is 0 Å². The van der Waals surface area contributed by atoms with Crippen molar-refractivity contribution in [2.24, 2.45) is 0 Å². The summed E-state index contributed by atoms with van der Waals surface area (Å²) in [6, 6.07) is 2.21. The Bertz CT molecular complexity index is 430. The van der Waals surface area contributed by atoms with Gasteiger partial charge in [0.1, 0.15) is 11.6 Å². The maximum absolute atomic E-state index is 11.8. The van der Waals surface area contributed by atoms with E-state index in [1.54, 1.807) is 6.20 Å². The Hall–Kier alpha value is -1.54. The van der Waals surface area contributed by atoms with Gasteiger partial charge in [0.05, 0.1) is 0 Å². The van der Waals surface area contributed by atoms with Crippen molar-refractivity contribution in [1.82, 2.24) is 16.0 Å². The average molecular weight is 292 g/mol. The Morgan fingerprint density at radius 3 is 2.38 bits per heavy atom. The first kappa shape index (κ1) is 17.5. The van der Waals surface area contributed by atoms with E-state index < -0.39 is 0 Å². The Morgan fingerprint density at radius 1 is 1.33 bits per heavy atom. The molecule has 0 unspecified atom stereocenters. The van der Waals surface area contributed by atoms with E-state index in [1.807, 2.05) is 13.0 Å². The number of amides is 1. The minimum absolute atomic E-state index is 0.0323. The molecule has 1 heterocycles. The first-order valence-electron chi connectivity index (χ1n) is 7.63. The first-order valence-corrected chi connectivity index (χ1v) is 7.63. The molecule has 1 fully saturated rings. The molecule has 0 saturated carbocycles. The summed E-state index contributed by atoms with van der Waals surface area (Å²) >= 11 is 0. The molecule has 0 aliphatic carbocycles. The van der Waals surface area contributed by atoms with Crippen LogP contribution in [0.4, 0.5) is 0 Å². The quantitative estimate of drug-likeness (QED) is 0.533. The van der Waals surface area contributed by atoms with E-state index in [-0.39, 0.29) is 28.6 Å². The van der Waals surface area contributed by atoms with Gasteiger partial charge in [-0.05, 0) is 47.0 Å². The number of carbonyl (C=O) groups is 1. The van der Waals surface area contributed by atoms with Crippen LogP contribution in [0, 0.1) is 11.3 Å². The molecule has 0 bridgehead atoms. The van der Waals surface area contributed by atoms with Crippen LogP contribution in [-0.2, 0) is 4.79 Å². The molecule has 0 spiro atoms. The van der Waals surface area contributed by atoms with Crippen LogP contribution in [0.1, 0.15) is 53.9 Å². The van der Waals surface area contributed by atoms with Crippen LogP contribution >= 0.6 is 0 Å². The van der Waals surface area contributed by atoms with Gasteiger partial charge in [0, 0.05) is 29.9 Å². The van der Waals surface area contributed by atoms with Gasteiger partial charge in [-0.25, -0.2) is 0 Å². The third-order valence-corrected chi connectivity index (χ3v) is 3.55. The van der Waals surface area contributed by atoms with Gasteiger partial charge in [0.2, 0.25) is 0 Å². The molecular formula is C16H28N4O. The van der Waals surface area contributed by atoms with E-state index in [0.29, 0.717) is 6.54 Å². The molecular weight excluding hydrogens is 264 g/mol. The monoisotopic (exact) mass is 292 g/mol. The highest BCUT2D eigenvalue weighted by molar-refractivity contribution is 5.97. The number of piperidine rings is 1. The maximum atomic E-state index is 11.8. The molecule has 1 saturated heterocycles. The standard InChI is InChI=1S/C16H28N4O/c1-6-7-18-14(21)12(10-17)11-19-13-8-15(2,3)20-16(4,5)9-13/h11,13,19-20H,6-9H2,1-5H3,(H,18,21)/b12-11-. The smallest absolute Gasteiger partial charge is 0.263 e. The van der Waals surface area contributed by atoms with Crippen molar-refractivity contribution in [2.45, 2.75) is 71.0 Å². The molecule has 0 aromatic rings. The van der Waals surface area contributed by atoms with Crippen LogP contribution in [-0.4, -0.2) is 29.6 Å². The van der Waals surface area contributed by atoms with E-state index in [0.717, 1.165) is 19.3 Å². The van der Waals surface area contributed by atoms with Crippen molar-refractivity contribution in [2.75, 3.05) is 6.54 Å².